The lowest BCUT2D eigenvalue weighted by atomic mass is 10.1. The molecule has 0 saturated heterocycles. The third-order valence-electron chi connectivity index (χ3n) is 4.23. The van der Waals surface area contributed by atoms with Crippen LogP contribution in [0.2, 0.25) is 0 Å². The summed E-state index contributed by atoms with van der Waals surface area (Å²) in [6.45, 7) is 6.99. The number of aryl methyl sites for hydroxylation is 2. The molecule has 2 aromatic rings. The lowest BCUT2D eigenvalue weighted by molar-refractivity contribution is -0.0649. The predicted molar refractivity (Wildman–Crippen MR) is 96.7 cm³/mol. The normalized spacial score (nSPS) is 13.4. The number of carbonyl (C=O) groups excluding carboxylic acids is 1. The van der Waals surface area contributed by atoms with E-state index in [9.17, 15) is 4.79 Å². The highest BCUT2D eigenvalue weighted by Crippen LogP contribution is 2.18. The Kier molecular flexibility index (Phi) is 6.79. The van der Waals surface area contributed by atoms with E-state index in [4.69, 9.17) is 13.9 Å². The van der Waals surface area contributed by atoms with Crippen LogP contribution in [0.1, 0.15) is 41.1 Å². The van der Waals surface area contributed by atoms with E-state index in [0.717, 1.165) is 11.1 Å². The standard InChI is InChI=1S/C20H27NO4/c1-5-17-18(15(2)11-25-17)19(22)21-13-20(3,23-4)14-24-12-16-9-7-6-8-10-16/h6-11H,5,12-14H2,1-4H3,(H,21,22). The molecule has 1 atom stereocenters. The summed E-state index contributed by atoms with van der Waals surface area (Å²) in [7, 11) is 1.62. The zero-order valence-electron chi connectivity index (χ0n) is 15.4. The summed E-state index contributed by atoms with van der Waals surface area (Å²) < 4.78 is 16.8. The van der Waals surface area contributed by atoms with Crippen molar-refractivity contribution in [2.75, 3.05) is 20.3 Å². The van der Waals surface area contributed by atoms with Gasteiger partial charge in [0.25, 0.3) is 5.91 Å². The summed E-state index contributed by atoms with van der Waals surface area (Å²) >= 11 is 0. The molecule has 2 rings (SSSR count). The number of hydrogen-bond donors (Lipinski definition) is 1. The maximum atomic E-state index is 12.5. The Balaban J connectivity index is 1.89. The van der Waals surface area contributed by atoms with Gasteiger partial charge in [0, 0.05) is 25.6 Å². The monoisotopic (exact) mass is 345 g/mol. The number of ether oxygens (including phenoxy) is 2. The van der Waals surface area contributed by atoms with Crippen molar-refractivity contribution in [2.24, 2.45) is 0 Å². The third kappa shape index (κ3) is 5.18. The van der Waals surface area contributed by atoms with Gasteiger partial charge in [-0.2, -0.15) is 0 Å². The minimum atomic E-state index is -0.603. The highest BCUT2D eigenvalue weighted by Gasteiger charge is 2.26. The number of amides is 1. The summed E-state index contributed by atoms with van der Waals surface area (Å²) in [5.41, 5.74) is 1.96. The number of carbonyl (C=O) groups is 1. The lowest BCUT2D eigenvalue weighted by Crippen LogP contribution is -2.45. The van der Waals surface area contributed by atoms with Crippen molar-refractivity contribution in [3.63, 3.8) is 0 Å². The van der Waals surface area contributed by atoms with Gasteiger partial charge in [-0.1, -0.05) is 37.3 Å². The van der Waals surface area contributed by atoms with E-state index in [1.165, 1.54) is 0 Å². The number of furan rings is 1. The third-order valence-corrected chi connectivity index (χ3v) is 4.23. The highest BCUT2D eigenvalue weighted by molar-refractivity contribution is 5.96. The van der Waals surface area contributed by atoms with Crippen LogP contribution in [0.15, 0.2) is 41.0 Å². The first-order valence-corrected chi connectivity index (χ1v) is 8.51. The number of methoxy groups -OCH3 is 1. The minimum absolute atomic E-state index is 0.144. The van der Waals surface area contributed by atoms with Gasteiger partial charge in [0.15, 0.2) is 0 Å². The number of benzene rings is 1. The van der Waals surface area contributed by atoms with Gasteiger partial charge in [0.1, 0.15) is 11.4 Å². The summed E-state index contributed by atoms with van der Waals surface area (Å²) in [4.78, 5) is 12.5. The second kappa shape index (κ2) is 8.83. The summed E-state index contributed by atoms with van der Waals surface area (Å²) in [6, 6.07) is 9.96. The zero-order valence-corrected chi connectivity index (χ0v) is 15.4. The first-order chi connectivity index (χ1) is 12.0. The molecule has 0 aliphatic rings. The molecule has 1 heterocycles. The van der Waals surface area contributed by atoms with Crippen molar-refractivity contribution in [1.29, 1.82) is 0 Å². The predicted octanol–water partition coefficient (Wildman–Crippen LogP) is 3.50. The molecule has 0 spiro atoms. The second-order valence-corrected chi connectivity index (χ2v) is 6.39. The van der Waals surface area contributed by atoms with E-state index >= 15 is 0 Å². The molecule has 0 aliphatic carbocycles. The number of nitrogens with one attached hydrogen (secondary N) is 1. The Morgan fingerprint density at radius 2 is 2.00 bits per heavy atom. The van der Waals surface area contributed by atoms with Gasteiger partial charge in [-0.05, 0) is 19.4 Å². The van der Waals surface area contributed by atoms with Crippen molar-refractivity contribution in [1.82, 2.24) is 5.32 Å². The molecule has 25 heavy (non-hydrogen) atoms. The van der Waals surface area contributed by atoms with Crippen LogP contribution in [-0.2, 0) is 22.5 Å². The quantitative estimate of drug-likeness (QED) is 0.755. The number of hydrogen-bond acceptors (Lipinski definition) is 4. The van der Waals surface area contributed by atoms with E-state index in [1.54, 1.807) is 13.4 Å². The summed E-state index contributed by atoms with van der Waals surface area (Å²) in [5, 5.41) is 2.94. The van der Waals surface area contributed by atoms with Crippen molar-refractivity contribution in [3.05, 3.63) is 59.0 Å². The Hall–Kier alpha value is -2.11. The van der Waals surface area contributed by atoms with Crippen molar-refractivity contribution < 1.29 is 18.7 Å². The van der Waals surface area contributed by atoms with Gasteiger partial charge in [0.2, 0.25) is 0 Å². The van der Waals surface area contributed by atoms with Crippen LogP contribution in [0.3, 0.4) is 0 Å². The largest absolute Gasteiger partial charge is 0.468 e. The minimum Gasteiger partial charge on any atom is -0.468 e. The van der Waals surface area contributed by atoms with Crippen LogP contribution in [0.4, 0.5) is 0 Å². The SMILES string of the molecule is CCc1occ(C)c1C(=O)NCC(C)(COCc1ccccc1)OC. The van der Waals surface area contributed by atoms with Crippen molar-refractivity contribution >= 4 is 5.91 Å². The molecule has 5 heteroatoms. The molecule has 136 valence electrons. The molecule has 1 unspecified atom stereocenters. The molecule has 1 N–H and O–H groups in total. The molecule has 1 amide bonds. The van der Waals surface area contributed by atoms with Gasteiger partial charge in [-0.3, -0.25) is 4.79 Å². The fraction of sp³-hybridized carbons (Fsp3) is 0.450. The summed E-state index contributed by atoms with van der Waals surface area (Å²) in [6.07, 6.45) is 2.30. The Morgan fingerprint density at radius 3 is 2.64 bits per heavy atom. The van der Waals surface area contributed by atoms with E-state index in [-0.39, 0.29) is 5.91 Å². The van der Waals surface area contributed by atoms with Crippen LogP contribution >= 0.6 is 0 Å². The smallest absolute Gasteiger partial charge is 0.255 e. The molecule has 0 fully saturated rings. The van der Waals surface area contributed by atoms with Crippen LogP contribution < -0.4 is 5.32 Å². The van der Waals surface area contributed by atoms with Crippen LogP contribution in [0, 0.1) is 6.92 Å². The van der Waals surface area contributed by atoms with Crippen LogP contribution in [0.5, 0.6) is 0 Å². The Morgan fingerprint density at radius 1 is 1.28 bits per heavy atom. The molecule has 0 aliphatic heterocycles. The average molecular weight is 345 g/mol. The first-order valence-electron chi connectivity index (χ1n) is 8.51. The highest BCUT2D eigenvalue weighted by atomic mass is 16.5. The Bertz CT molecular complexity index is 680. The van der Waals surface area contributed by atoms with E-state index in [0.29, 0.717) is 37.5 Å². The molecule has 5 nitrogen and oxygen atoms in total. The second-order valence-electron chi connectivity index (χ2n) is 6.39. The van der Waals surface area contributed by atoms with Gasteiger partial charge < -0.3 is 19.2 Å². The van der Waals surface area contributed by atoms with Crippen molar-refractivity contribution in [3.8, 4) is 0 Å². The molecular weight excluding hydrogens is 318 g/mol. The lowest BCUT2D eigenvalue weighted by Gasteiger charge is -2.28. The van der Waals surface area contributed by atoms with Crippen LogP contribution in [-0.4, -0.2) is 31.8 Å². The van der Waals surface area contributed by atoms with Crippen LogP contribution in [0.25, 0.3) is 0 Å². The molecule has 1 aromatic heterocycles. The fourth-order valence-corrected chi connectivity index (χ4v) is 2.56. The Labute approximate surface area is 149 Å². The van der Waals surface area contributed by atoms with E-state index in [1.807, 2.05) is 51.1 Å². The van der Waals surface area contributed by atoms with Crippen molar-refractivity contribution in [2.45, 2.75) is 39.4 Å². The topological polar surface area (TPSA) is 60.7 Å². The number of rotatable bonds is 9. The molecule has 0 radical (unpaired) electrons. The molecule has 1 aromatic carbocycles. The average Bonchev–Trinajstić information content (AvgIpc) is 3.01. The zero-order chi connectivity index (χ0) is 18.3. The van der Waals surface area contributed by atoms with Gasteiger partial charge in [0.05, 0.1) is 25.0 Å². The molecular formula is C20H27NO4. The van der Waals surface area contributed by atoms with E-state index < -0.39 is 5.60 Å². The maximum Gasteiger partial charge on any atom is 0.255 e. The van der Waals surface area contributed by atoms with Gasteiger partial charge >= 0.3 is 0 Å². The molecule has 0 bridgehead atoms. The fourth-order valence-electron chi connectivity index (χ4n) is 2.56. The maximum absolute atomic E-state index is 12.5. The van der Waals surface area contributed by atoms with Gasteiger partial charge in [-0.15, -0.1) is 0 Å². The van der Waals surface area contributed by atoms with Gasteiger partial charge in [-0.25, -0.2) is 0 Å². The van der Waals surface area contributed by atoms with E-state index in [2.05, 4.69) is 5.32 Å². The summed E-state index contributed by atoms with van der Waals surface area (Å²) in [5.74, 6) is 0.559. The first kappa shape index (κ1) is 19.2. The molecule has 0 saturated carbocycles.